The van der Waals surface area contributed by atoms with Gasteiger partial charge in [0, 0.05) is 44.3 Å². The normalized spacial score (nSPS) is 28.8. The van der Waals surface area contributed by atoms with E-state index in [0.717, 1.165) is 69.3 Å². The fourth-order valence-corrected chi connectivity index (χ4v) is 15.2. The number of non-ortho nitro benzene ring substituents is 1. The van der Waals surface area contributed by atoms with E-state index >= 15 is 0 Å². The van der Waals surface area contributed by atoms with Crippen molar-refractivity contribution in [3.63, 3.8) is 0 Å². The lowest BCUT2D eigenvalue weighted by Gasteiger charge is -2.64. The van der Waals surface area contributed by atoms with Crippen LogP contribution in [0.5, 0.6) is 5.75 Å². The molecule has 5 N–H and O–H groups in total. The number of urea groups is 1. The van der Waals surface area contributed by atoms with Gasteiger partial charge >= 0.3 is 38.5 Å². The zero-order chi connectivity index (χ0) is 63.6. The first-order chi connectivity index (χ1) is 41.4. The van der Waals surface area contributed by atoms with Crippen molar-refractivity contribution >= 4 is 56.6 Å². The number of nitro groups is 1. The summed E-state index contributed by atoms with van der Waals surface area (Å²) in [5.74, 6) is 2.24. The number of hydrogen-bond acceptors (Lipinski definition) is 14. The Balaban J connectivity index is 0.000000199. The number of halogens is 1. The summed E-state index contributed by atoms with van der Waals surface area (Å²) >= 11 is 0. The largest absolute Gasteiger partial charge is 0.482 e. The average molecular weight is 1270 g/mol. The maximum Gasteiger partial charge on any atom is 0.482 e. The first-order valence-electron chi connectivity index (χ1n) is 32.2. The van der Waals surface area contributed by atoms with Gasteiger partial charge in [-0.05, 0) is 190 Å². The second kappa shape index (κ2) is 29.1. The number of nitro benzene ring substituents is 1. The van der Waals surface area contributed by atoms with Gasteiger partial charge in [0.25, 0.3) is 5.69 Å². The lowest BCUT2D eigenvalue weighted by Crippen LogP contribution is -2.65. The number of carbonyl (C=O) groups excluding carboxylic acids is 4. The second-order valence-corrected chi connectivity index (χ2v) is 29.3. The molecule has 6 saturated carbocycles. The van der Waals surface area contributed by atoms with Crippen LogP contribution in [0.4, 0.5) is 24.9 Å². The average Bonchev–Trinajstić information content (AvgIpc) is 1.37. The van der Waals surface area contributed by atoms with Crippen LogP contribution >= 0.6 is 12.4 Å². The third kappa shape index (κ3) is 16.8. The standard InChI is InChI=1S/C30H46BN3O5.C18H26BNO2.C18H25N3O6.CH4.ClH/c1-28(2,3)37-27(36)34-15-11-10-14-22(34)19-32-26(35)33-25(16-20-12-8-7-9-13-20)31-38-24-18-21-17-23(29(21,4)5)30(24,6)39-31;1-17(2)13-10-14(17)18(3)15(11-13)21-19(22-18)16(20)9-12-7-5-4-6-8-12;1-18(2,3)27-17(23)20-11-5-4-6-14(20)12-19-16(22)26-15-9-7-13(8-10-15)21(24)25;;/h7-9,12-13,21-25H,10-11,14-19H2,1-6H3,(H2,32,33,35);4-8,13-16H,9-11,20H2,1-3H3;7-10,14H,4-6,11-12H2,1-3H3,(H,19,22);1H4;1H/t21-,22-,23-,24+,25-,30-;13-,14-,15+,16-,18-;14-;;/m000../s1. The summed E-state index contributed by atoms with van der Waals surface area (Å²) in [5, 5.41) is 19.5. The third-order valence-electron chi connectivity index (χ3n) is 20.3. The van der Waals surface area contributed by atoms with Crippen molar-refractivity contribution in [1.29, 1.82) is 0 Å². The summed E-state index contributed by atoms with van der Waals surface area (Å²) in [6.45, 7) is 26.8. The molecular weight excluding hydrogens is 1170 g/mol. The number of likely N-dealkylation sites (tertiary alicyclic amines) is 2. The number of nitrogens with one attached hydrogen (secondary N) is 3. The van der Waals surface area contributed by atoms with Gasteiger partial charge in [-0.2, -0.15) is 0 Å². The smallest absolute Gasteiger partial charge is 0.444 e. The fraction of sp³-hybridized carbons (Fsp3) is 0.672. The third-order valence-corrected chi connectivity index (χ3v) is 20.3. The Kier molecular flexibility index (Phi) is 23.2. The number of rotatable bonds is 13. The van der Waals surface area contributed by atoms with Crippen molar-refractivity contribution in [1.82, 2.24) is 25.8 Å². The second-order valence-electron chi connectivity index (χ2n) is 29.3. The van der Waals surface area contributed by atoms with Crippen LogP contribution in [0, 0.1) is 44.6 Å². The molecule has 4 aliphatic heterocycles. The maximum atomic E-state index is 13.3. The van der Waals surface area contributed by atoms with E-state index in [-0.39, 0.29) is 110 Å². The molecule has 20 nitrogen and oxygen atoms in total. The lowest BCUT2D eigenvalue weighted by molar-refractivity contribution is -0.384. The highest BCUT2D eigenvalue weighted by Gasteiger charge is 2.70. The minimum Gasteiger partial charge on any atom is -0.444 e. The van der Waals surface area contributed by atoms with Gasteiger partial charge < -0.3 is 64.3 Å². The minimum atomic E-state index is -0.682. The molecule has 13 rings (SSSR count). The first-order valence-corrected chi connectivity index (χ1v) is 32.2. The molecule has 0 aromatic heterocycles. The minimum absolute atomic E-state index is 0. The van der Waals surface area contributed by atoms with Gasteiger partial charge in [0.1, 0.15) is 17.0 Å². The topological polar surface area (TPSA) is 245 Å². The van der Waals surface area contributed by atoms with Crippen LogP contribution in [0.15, 0.2) is 84.9 Å². The van der Waals surface area contributed by atoms with Crippen LogP contribution in [0.1, 0.15) is 166 Å². The van der Waals surface area contributed by atoms with Gasteiger partial charge in [-0.1, -0.05) is 95.8 Å². The molecule has 496 valence electrons. The van der Waals surface area contributed by atoms with Crippen molar-refractivity contribution < 1.29 is 56.9 Å². The predicted molar refractivity (Wildman–Crippen MR) is 351 cm³/mol. The molecule has 12 atom stereocenters. The zero-order valence-corrected chi connectivity index (χ0v) is 55.3. The van der Waals surface area contributed by atoms with Crippen molar-refractivity contribution in [3.05, 3.63) is 106 Å². The van der Waals surface area contributed by atoms with Crippen LogP contribution in [-0.4, -0.2) is 138 Å². The number of nitrogens with two attached hydrogens (primary N) is 1. The van der Waals surface area contributed by atoms with E-state index in [0.29, 0.717) is 49.2 Å². The first kappa shape index (κ1) is 71.8. The Bertz CT molecular complexity index is 2910. The molecule has 4 heterocycles. The SMILES string of the molecule is C.CC(C)(C)OC(=O)N1CCCC[C@H]1CNC(=O)N[C@@H](Cc1ccccc1)B1O[C@@H]2C[C@@H]3C[C@@H](C3(C)C)[C@]2(C)O1.CC(C)(C)OC(=O)N1CCCC[C@H]1CNC(=O)Oc1ccc([N+](=O)[O-])cc1.CC1(C)[C@@H]2C[C@H]3OB([C@@H](N)Cc4ccccc4)O[C@@]3(C)[C@H]1C2.Cl. The van der Waals surface area contributed by atoms with E-state index in [9.17, 15) is 29.3 Å². The van der Waals surface area contributed by atoms with Crippen LogP contribution in [0.25, 0.3) is 0 Å². The summed E-state index contributed by atoms with van der Waals surface area (Å²) in [7, 11) is -0.792. The van der Waals surface area contributed by atoms with Crippen LogP contribution in [0.3, 0.4) is 0 Å². The molecular formula is C67H102B2ClN7O13. The number of carbonyl (C=O) groups is 4. The van der Waals surface area contributed by atoms with Crippen molar-refractivity contribution in [3.8, 4) is 5.75 Å². The lowest BCUT2D eigenvalue weighted by atomic mass is 9.43. The van der Waals surface area contributed by atoms with E-state index < -0.39 is 35.4 Å². The Labute approximate surface area is 541 Å². The molecule has 3 aromatic rings. The monoisotopic (exact) mass is 1270 g/mol. The van der Waals surface area contributed by atoms with Gasteiger partial charge in [-0.3, -0.25) is 10.1 Å². The number of benzene rings is 3. The number of hydrogen-bond donors (Lipinski definition) is 4. The quantitative estimate of drug-likeness (QED) is 0.0707. The van der Waals surface area contributed by atoms with Gasteiger partial charge in [-0.25, -0.2) is 19.2 Å². The molecule has 23 heteroatoms. The van der Waals surface area contributed by atoms with E-state index in [4.69, 9.17) is 38.6 Å². The Hall–Kier alpha value is -5.64. The fourth-order valence-electron chi connectivity index (χ4n) is 15.2. The van der Waals surface area contributed by atoms with E-state index in [2.05, 4.69) is 93.9 Å². The molecule has 10 aliphatic rings. The number of piperidine rings is 2. The van der Waals surface area contributed by atoms with Gasteiger partial charge in [0.15, 0.2) is 0 Å². The van der Waals surface area contributed by atoms with Crippen molar-refractivity contribution in [2.75, 3.05) is 26.2 Å². The predicted octanol–water partition coefficient (Wildman–Crippen LogP) is 12.3. The molecule has 3 aromatic carbocycles. The number of nitrogens with zero attached hydrogens (tertiary/aromatic N) is 3. The molecule has 90 heavy (non-hydrogen) atoms. The van der Waals surface area contributed by atoms with Crippen LogP contribution in [-0.2, 0) is 40.9 Å². The summed E-state index contributed by atoms with van der Waals surface area (Å²) < 4.78 is 42.1. The highest BCUT2D eigenvalue weighted by molar-refractivity contribution is 6.48. The van der Waals surface area contributed by atoms with Gasteiger partial charge in [0.05, 0.1) is 46.4 Å². The zero-order valence-electron chi connectivity index (χ0n) is 54.5. The number of ether oxygens (including phenoxy) is 3. The van der Waals surface area contributed by atoms with Gasteiger partial charge in [-0.15, -0.1) is 12.4 Å². The summed E-state index contributed by atoms with van der Waals surface area (Å²) in [6, 6.07) is 25.2. The molecule has 0 unspecified atom stereocenters. The Morgan fingerprint density at radius 2 is 1.10 bits per heavy atom. The van der Waals surface area contributed by atoms with E-state index in [1.807, 2.05) is 65.8 Å². The molecule has 6 aliphatic carbocycles. The molecule has 10 fully saturated rings. The molecule has 4 saturated heterocycles. The molecule has 0 spiro atoms. The molecule has 0 radical (unpaired) electrons. The van der Waals surface area contributed by atoms with Crippen molar-refractivity contribution in [2.24, 2.45) is 40.2 Å². The number of amides is 5. The molecule has 4 bridgehead atoms. The summed E-state index contributed by atoms with van der Waals surface area (Å²) in [5.41, 5.74) is 7.67. The van der Waals surface area contributed by atoms with E-state index in [1.54, 1.807) is 9.80 Å². The highest BCUT2D eigenvalue weighted by Crippen LogP contribution is 2.67. The highest BCUT2D eigenvalue weighted by atomic mass is 35.5. The van der Waals surface area contributed by atoms with E-state index in [1.165, 1.54) is 42.7 Å². The Morgan fingerprint density at radius 1 is 0.656 bits per heavy atom. The molecule has 5 amide bonds. The van der Waals surface area contributed by atoms with Crippen molar-refractivity contribution in [2.45, 2.75) is 226 Å². The maximum absolute atomic E-state index is 13.3. The van der Waals surface area contributed by atoms with Crippen LogP contribution < -0.4 is 26.4 Å². The summed E-state index contributed by atoms with van der Waals surface area (Å²) in [6.07, 6.45) is 10.3. The summed E-state index contributed by atoms with van der Waals surface area (Å²) in [4.78, 5) is 63.9. The van der Waals surface area contributed by atoms with Crippen LogP contribution in [0.2, 0.25) is 0 Å². The van der Waals surface area contributed by atoms with Gasteiger partial charge in [0.2, 0.25) is 0 Å². The Morgan fingerprint density at radius 3 is 1.56 bits per heavy atom.